The summed E-state index contributed by atoms with van der Waals surface area (Å²) in [6.45, 7) is 9.99. The van der Waals surface area contributed by atoms with Crippen molar-refractivity contribution in [1.82, 2.24) is 19.9 Å². The van der Waals surface area contributed by atoms with Crippen molar-refractivity contribution in [2.24, 2.45) is 5.92 Å². The van der Waals surface area contributed by atoms with Crippen LogP contribution in [-0.4, -0.2) is 20.4 Å². The number of carbonyl (C=O) groups is 1. The van der Waals surface area contributed by atoms with Crippen LogP contribution in [0.5, 0.6) is 0 Å². The topological polar surface area (TPSA) is 121 Å². The Kier molecular flexibility index (Phi) is 6.58. The van der Waals surface area contributed by atoms with Crippen LogP contribution in [0.15, 0.2) is 39.9 Å². The first-order valence-corrected chi connectivity index (χ1v) is 10.6. The number of nitrogens with zero attached hydrogens (tertiary/aromatic N) is 3. The van der Waals surface area contributed by atoms with Crippen LogP contribution in [0.1, 0.15) is 73.8 Å². The minimum Gasteiger partial charge on any atom is -0.345 e. The zero-order chi connectivity index (χ0) is 23.6. The fourth-order valence-corrected chi connectivity index (χ4v) is 3.51. The summed E-state index contributed by atoms with van der Waals surface area (Å²) in [5.41, 5.74) is 1.20. The van der Waals surface area contributed by atoms with Crippen LogP contribution in [0.3, 0.4) is 0 Å². The first-order chi connectivity index (χ1) is 15.1. The first-order valence-electron chi connectivity index (χ1n) is 10.6. The second-order valence-corrected chi connectivity index (χ2v) is 8.64. The second kappa shape index (κ2) is 9.18. The Hall–Kier alpha value is -3.73. The molecule has 2 aromatic heterocycles. The third kappa shape index (κ3) is 4.62. The maximum absolute atomic E-state index is 13.3. The fraction of sp³-hybridized carbons (Fsp3) is 0.375. The Morgan fingerprint density at radius 3 is 2.38 bits per heavy atom. The van der Waals surface area contributed by atoms with Gasteiger partial charge < -0.3 is 5.32 Å². The number of carbonyl (C=O) groups excluding carboxylic acids is 1. The third-order valence-electron chi connectivity index (χ3n) is 5.24. The van der Waals surface area contributed by atoms with Crippen molar-refractivity contribution in [2.75, 3.05) is 0 Å². The Morgan fingerprint density at radius 2 is 1.81 bits per heavy atom. The summed E-state index contributed by atoms with van der Waals surface area (Å²) in [7, 11) is 0. The molecule has 0 aliphatic rings. The summed E-state index contributed by atoms with van der Waals surface area (Å²) in [4.78, 5) is 45.5. The van der Waals surface area contributed by atoms with Gasteiger partial charge in [0.2, 0.25) is 0 Å². The Balaban J connectivity index is 2.13. The van der Waals surface area contributed by atoms with Crippen LogP contribution in [0.4, 0.5) is 0 Å². The lowest BCUT2D eigenvalue weighted by Crippen LogP contribution is -2.35. The molecule has 32 heavy (non-hydrogen) atoms. The van der Waals surface area contributed by atoms with Crippen molar-refractivity contribution < 1.29 is 4.79 Å². The van der Waals surface area contributed by atoms with Gasteiger partial charge in [0.25, 0.3) is 11.5 Å². The lowest BCUT2D eigenvalue weighted by atomic mass is 10.0. The zero-order valence-corrected chi connectivity index (χ0v) is 18.9. The predicted molar refractivity (Wildman–Crippen MR) is 123 cm³/mol. The molecule has 3 aromatic rings. The van der Waals surface area contributed by atoms with Crippen molar-refractivity contribution >= 4 is 16.9 Å². The van der Waals surface area contributed by atoms with Gasteiger partial charge in [-0.1, -0.05) is 39.8 Å². The summed E-state index contributed by atoms with van der Waals surface area (Å²) in [5, 5.41) is 12.0. The number of hydrogen-bond donors (Lipinski definition) is 2. The lowest BCUT2D eigenvalue weighted by molar-refractivity contribution is 0.0941. The minimum absolute atomic E-state index is 0.0104. The number of amides is 1. The number of fused-ring (bicyclic) bond motifs is 1. The maximum atomic E-state index is 13.3. The molecule has 8 heteroatoms. The number of pyridine rings is 1. The molecule has 0 spiro atoms. The van der Waals surface area contributed by atoms with Crippen LogP contribution in [-0.2, 0) is 6.54 Å². The van der Waals surface area contributed by atoms with Crippen LogP contribution in [0, 0.1) is 17.2 Å². The van der Waals surface area contributed by atoms with E-state index in [4.69, 9.17) is 5.26 Å². The molecule has 166 valence electrons. The van der Waals surface area contributed by atoms with Gasteiger partial charge in [-0.05, 0) is 42.5 Å². The van der Waals surface area contributed by atoms with Crippen molar-refractivity contribution in [1.29, 1.82) is 5.26 Å². The molecule has 0 aliphatic carbocycles. The largest absolute Gasteiger partial charge is 0.345 e. The van der Waals surface area contributed by atoms with E-state index in [0.29, 0.717) is 17.8 Å². The number of aromatic amines is 1. The van der Waals surface area contributed by atoms with Crippen molar-refractivity contribution in [2.45, 2.75) is 53.1 Å². The molecule has 1 unspecified atom stereocenters. The standard InChI is InChI=1S/C24H27N5O3/c1-13(2)12-29-21-20(23(31)28-24(29)32)18(10-19(27-21)14(3)4)22(30)26-15(5)17-8-6-16(11-25)7-9-17/h6-10,13-15H,12H2,1-5H3,(H,26,30)(H,28,31,32). The molecule has 2 N–H and O–H groups in total. The van der Waals surface area contributed by atoms with E-state index in [2.05, 4.69) is 21.4 Å². The van der Waals surface area contributed by atoms with E-state index in [1.165, 1.54) is 4.57 Å². The molecule has 3 rings (SSSR count). The summed E-state index contributed by atoms with van der Waals surface area (Å²) < 4.78 is 1.42. The number of benzene rings is 1. The van der Waals surface area contributed by atoms with E-state index >= 15 is 0 Å². The van der Waals surface area contributed by atoms with Crippen LogP contribution < -0.4 is 16.6 Å². The van der Waals surface area contributed by atoms with E-state index in [1.54, 1.807) is 30.3 Å². The summed E-state index contributed by atoms with van der Waals surface area (Å²) >= 11 is 0. The van der Waals surface area contributed by atoms with E-state index in [1.807, 2.05) is 34.6 Å². The van der Waals surface area contributed by atoms with Gasteiger partial charge in [0.1, 0.15) is 0 Å². The first kappa shape index (κ1) is 22.9. The second-order valence-electron chi connectivity index (χ2n) is 8.64. The summed E-state index contributed by atoms with van der Waals surface area (Å²) in [6.07, 6.45) is 0. The third-order valence-corrected chi connectivity index (χ3v) is 5.24. The highest BCUT2D eigenvalue weighted by atomic mass is 16.2. The molecule has 0 radical (unpaired) electrons. The molecule has 0 saturated heterocycles. The molecule has 1 atom stereocenters. The number of aromatic nitrogens is 3. The summed E-state index contributed by atoms with van der Waals surface area (Å²) in [5.74, 6) is -0.305. The smallest absolute Gasteiger partial charge is 0.330 e. The monoisotopic (exact) mass is 433 g/mol. The lowest BCUT2D eigenvalue weighted by Gasteiger charge is -2.18. The average Bonchev–Trinajstić information content (AvgIpc) is 2.75. The van der Waals surface area contributed by atoms with E-state index in [9.17, 15) is 14.4 Å². The Morgan fingerprint density at radius 1 is 1.16 bits per heavy atom. The number of hydrogen-bond acceptors (Lipinski definition) is 5. The maximum Gasteiger partial charge on any atom is 0.330 e. The molecule has 0 fully saturated rings. The van der Waals surface area contributed by atoms with Gasteiger partial charge in [0, 0.05) is 12.2 Å². The van der Waals surface area contributed by atoms with Gasteiger partial charge >= 0.3 is 5.69 Å². The molecule has 2 heterocycles. The van der Waals surface area contributed by atoms with Crippen molar-refractivity contribution in [3.8, 4) is 6.07 Å². The van der Waals surface area contributed by atoms with E-state index in [-0.39, 0.29) is 34.5 Å². The van der Waals surface area contributed by atoms with Crippen LogP contribution >= 0.6 is 0 Å². The normalized spacial score (nSPS) is 12.2. The Bertz CT molecular complexity index is 1310. The van der Waals surface area contributed by atoms with E-state index in [0.717, 1.165) is 5.56 Å². The molecule has 8 nitrogen and oxygen atoms in total. The highest BCUT2D eigenvalue weighted by Gasteiger charge is 2.22. The van der Waals surface area contributed by atoms with Gasteiger partial charge in [0.15, 0.2) is 5.65 Å². The fourth-order valence-electron chi connectivity index (χ4n) is 3.51. The average molecular weight is 434 g/mol. The number of nitriles is 1. The van der Waals surface area contributed by atoms with Crippen LogP contribution in [0.2, 0.25) is 0 Å². The molecule has 0 aliphatic heterocycles. The quantitative estimate of drug-likeness (QED) is 0.618. The van der Waals surface area contributed by atoms with Gasteiger partial charge in [-0.3, -0.25) is 19.1 Å². The number of H-pyrrole nitrogens is 1. The molecular formula is C24H27N5O3. The molecule has 1 aromatic carbocycles. The van der Waals surface area contributed by atoms with Crippen LogP contribution in [0.25, 0.3) is 11.0 Å². The molecule has 0 bridgehead atoms. The number of rotatable bonds is 6. The van der Waals surface area contributed by atoms with Crippen molar-refractivity contribution in [3.05, 3.63) is 73.6 Å². The van der Waals surface area contributed by atoms with E-state index < -0.39 is 17.2 Å². The minimum atomic E-state index is -0.635. The van der Waals surface area contributed by atoms with Gasteiger partial charge in [-0.2, -0.15) is 5.26 Å². The number of nitrogens with one attached hydrogen (secondary N) is 2. The molecule has 1 amide bonds. The van der Waals surface area contributed by atoms with Gasteiger partial charge in [-0.15, -0.1) is 0 Å². The van der Waals surface area contributed by atoms with Gasteiger partial charge in [0.05, 0.1) is 28.6 Å². The highest BCUT2D eigenvalue weighted by molar-refractivity contribution is 6.05. The SMILES string of the molecule is CC(C)Cn1c(=O)[nH]c(=O)c2c(C(=O)NC(C)c3ccc(C#N)cc3)cc(C(C)C)nc21. The highest BCUT2D eigenvalue weighted by Crippen LogP contribution is 2.21. The van der Waals surface area contributed by atoms with Gasteiger partial charge in [-0.25, -0.2) is 9.78 Å². The molecular weight excluding hydrogens is 406 g/mol. The Labute approximate surface area is 185 Å². The summed E-state index contributed by atoms with van der Waals surface area (Å²) in [6, 6.07) is 10.3. The predicted octanol–water partition coefficient (Wildman–Crippen LogP) is 3.23. The van der Waals surface area contributed by atoms with Crippen molar-refractivity contribution in [3.63, 3.8) is 0 Å². The zero-order valence-electron chi connectivity index (χ0n) is 18.9. The molecule has 0 saturated carbocycles.